The predicted molar refractivity (Wildman–Crippen MR) is 115 cm³/mol. The second-order valence-corrected chi connectivity index (χ2v) is 7.77. The third-order valence-corrected chi connectivity index (χ3v) is 5.21. The summed E-state index contributed by atoms with van der Waals surface area (Å²) in [5.41, 5.74) is 4.90. The fraction of sp³-hybridized carbons (Fsp3) is 0.474. The maximum absolute atomic E-state index is 12.7. The Morgan fingerprint density at radius 3 is 2.76 bits per heavy atom. The van der Waals surface area contributed by atoms with Gasteiger partial charge in [0.25, 0.3) is 5.56 Å². The number of nitrogen functional groups attached to an aromatic ring is 1. The minimum atomic E-state index is -1.19. The first-order valence-electron chi connectivity index (χ1n) is 10.1. The number of aromatic amines is 2. The molecule has 0 aromatic carbocycles. The highest BCUT2D eigenvalue weighted by Gasteiger charge is 2.33. The predicted octanol–water partition coefficient (Wildman–Crippen LogP) is -1.92. The number of nitrogens with two attached hydrogens (primary N) is 1. The van der Waals surface area contributed by atoms with Crippen molar-refractivity contribution in [2.45, 2.75) is 32.4 Å². The van der Waals surface area contributed by atoms with E-state index in [0.29, 0.717) is 5.69 Å². The van der Waals surface area contributed by atoms with Crippen molar-refractivity contribution in [1.29, 1.82) is 0 Å². The molecule has 3 rings (SSSR count). The van der Waals surface area contributed by atoms with Gasteiger partial charge in [0.15, 0.2) is 11.2 Å². The first-order valence-corrected chi connectivity index (χ1v) is 10.1. The average molecular weight is 462 g/mol. The third-order valence-electron chi connectivity index (χ3n) is 5.21. The van der Waals surface area contributed by atoms with Crippen LogP contribution in [-0.2, 0) is 27.3 Å². The summed E-state index contributed by atoms with van der Waals surface area (Å²) in [5, 5.41) is 22.4. The molecule has 3 aromatic heterocycles. The van der Waals surface area contributed by atoms with Crippen molar-refractivity contribution in [2.75, 3.05) is 25.6 Å². The molecule has 0 bridgehead atoms. The Bertz CT molecular complexity index is 1150. The molecule has 1 unspecified atom stereocenters. The molecule has 1 amide bonds. The number of nitrogens with zero attached hydrogens (tertiary/aromatic N) is 4. The number of nitrogens with one attached hydrogen (secondary N) is 3. The van der Waals surface area contributed by atoms with Crippen LogP contribution in [0.15, 0.2) is 23.6 Å². The lowest BCUT2D eigenvalue weighted by Gasteiger charge is -2.30. The summed E-state index contributed by atoms with van der Waals surface area (Å²) in [6.07, 6.45) is 4.67. The summed E-state index contributed by atoms with van der Waals surface area (Å²) in [5.74, 6) is -1.21. The Morgan fingerprint density at radius 1 is 1.36 bits per heavy atom. The maximum Gasteiger partial charge on any atom is 0.329 e. The molecule has 0 fully saturated rings. The zero-order valence-electron chi connectivity index (χ0n) is 17.9. The van der Waals surface area contributed by atoms with Crippen molar-refractivity contribution in [1.82, 2.24) is 34.8 Å². The van der Waals surface area contributed by atoms with Crippen LogP contribution >= 0.6 is 0 Å². The van der Waals surface area contributed by atoms with Crippen molar-refractivity contribution in [3.63, 3.8) is 0 Å². The van der Waals surface area contributed by atoms with E-state index in [4.69, 9.17) is 10.5 Å². The second-order valence-electron chi connectivity index (χ2n) is 7.77. The normalized spacial score (nSPS) is 12.6. The molecule has 0 aliphatic carbocycles. The van der Waals surface area contributed by atoms with Crippen molar-refractivity contribution in [2.24, 2.45) is 5.41 Å². The monoisotopic (exact) mass is 462 g/mol. The van der Waals surface area contributed by atoms with E-state index in [1.807, 2.05) is 0 Å². The van der Waals surface area contributed by atoms with Gasteiger partial charge >= 0.3 is 5.97 Å². The summed E-state index contributed by atoms with van der Waals surface area (Å²) in [4.78, 5) is 53.3. The van der Waals surface area contributed by atoms with Gasteiger partial charge in [0.1, 0.15) is 12.6 Å². The van der Waals surface area contributed by atoms with Crippen molar-refractivity contribution < 1.29 is 24.5 Å². The molecule has 0 radical (unpaired) electrons. The first kappa shape index (κ1) is 23.9. The summed E-state index contributed by atoms with van der Waals surface area (Å²) in [6.45, 7) is 0.213. The van der Waals surface area contributed by atoms with Gasteiger partial charge in [0.2, 0.25) is 11.9 Å². The molecule has 0 saturated carbocycles. The number of anilines is 1. The molecule has 1 atom stereocenters. The number of fused-ring (bicyclic) bond motifs is 1. The van der Waals surface area contributed by atoms with Gasteiger partial charge in [-0.2, -0.15) is 4.98 Å². The molecule has 178 valence electrons. The summed E-state index contributed by atoms with van der Waals surface area (Å²) < 4.78 is 6.93. The van der Waals surface area contributed by atoms with E-state index in [9.17, 15) is 24.6 Å². The van der Waals surface area contributed by atoms with Gasteiger partial charge in [0.05, 0.1) is 31.3 Å². The Morgan fingerprint density at radius 2 is 2.12 bits per heavy atom. The van der Waals surface area contributed by atoms with Crippen molar-refractivity contribution in [3.05, 3.63) is 34.9 Å². The highest BCUT2D eigenvalue weighted by molar-refractivity contribution is 5.83. The quantitative estimate of drug-likeness (QED) is 0.174. The zero-order valence-corrected chi connectivity index (χ0v) is 17.9. The fourth-order valence-electron chi connectivity index (χ4n) is 3.24. The molecule has 0 aliphatic heterocycles. The molecule has 0 spiro atoms. The number of ether oxygens (including phenoxy) is 1. The molecule has 14 heteroatoms. The van der Waals surface area contributed by atoms with Gasteiger partial charge < -0.3 is 35.6 Å². The van der Waals surface area contributed by atoms with Crippen LogP contribution in [-0.4, -0.2) is 77.4 Å². The Kier molecular flexibility index (Phi) is 7.40. The standard InChI is InChI=1S/C19H26N8O6/c1-11(30)24-13(4-12-5-21-9-22-12)17(32)33-8-19(6-28,7-29)2-3-27-10-23-14-15(27)25-18(20)26-16(14)31/h5,9-10,13,28-29H,2-4,6-8H2,1H3,(H,21,22)(H,24,30)(H3,20,25,26,31). The van der Waals surface area contributed by atoms with Gasteiger partial charge in [-0.05, 0) is 6.42 Å². The minimum Gasteiger partial charge on any atom is -0.463 e. The number of carbonyl (C=O) groups excluding carboxylic acids is 2. The number of H-pyrrole nitrogens is 2. The van der Waals surface area contributed by atoms with E-state index >= 15 is 0 Å². The summed E-state index contributed by atoms with van der Waals surface area (Å²) in [7, 11) is 0. The fourth-order valence-corrected chi connectivity index (χ4v) is 3.24. The van der Waals surface area contributed by atoms with Gasteiger partial charge in [-0.15, -0.1) is 0 Å². The molecular formula is C19H26N8O6. The number of aryl methyl sites for hydroxylation is 1. The number of imidazole rings is 2. The van der Waals surface area contributed by atoms with Crippen LogP contribution in [0.3, 0.4) is 0 Å². The molecule has 33 heavy (non-hydrogen) atoms. The highest BCUT2D eigenvalue weighted by atomic mass is 16.5. The van der Waals surface area contributed by atoms with Crippen molar-refractivity contribution in [3.8, 4) is 0 Å². The molecule has 0 aliphatic rings. The SMILES string of the molecule is CC(=O)NC(Cc1cnc[nH]1)C(=O)OCC(CO)(CO)CCn1cnc2c(=O)[nH]c(N)nc21. The number of aromatic nitrogens is 6. The maximum atomic E-state index is 12.7. The van der Waals surface area contributed by atoms with E-state index in [2.05, 4.69) is 30.2 Å². The first-order chi connectivity index (χ1) is 15.8. The van der Waals surface area contributed by atoms with E-state index in [1.54, 1.807) is 4.57 Å². The van der Waals surface area contributed by atoms with Gasteiger partial charge in [-0.1, -0.05) is 0 Å². The Balaban J connectivity index is 1.69. The molecule has 3 aromatic rings. The molecule has 14 nitrogen and oxygen atoms in total. The number of hydrogen-bond donors (Lipinski definition) is 6. The lowest BCUT2D eigenvalue weighted by Crippen LogP contribution is -2.45. The summed E-state index contributed by atoms with van der Waals surface area (Å²) >= 11 is 0. The number of aliphatic hydroxyl groups excluding tert-OH is 2. The van der Waals surface area contributed by atoms with Crippen LogP contribution in [0.4, 0.5) is 5.95 Å². The Hall–Kier alpha value is -3.78. The molecular weight excluding hydrogens is 436 g/mol. The zero-order chi connectivity index (χ0) is 24.0. The van der Waals surface area contributed by atoms with Gasteiger partial charge in [0, 0.05) is 31.8 Å². The van der Waals surface area contributed by atoms with E-state index < -0.39 is 42.1 Å². The lowest BCUT2D eigenvalue weighted by molar-refractivity contribution is -0.153. The number of carbonyl (C=O) groups is 2. The molecule has 0 saturated heterocycles. The number of hydrogen-bond acceptors (Lipinski definition) is 10. The minimum absolute atomic E-state index is 0.0694. The number of esters is 1. The second kappa shape index (κ2) is 10.2. The largest absolute Gasteiger partial charge is 0.463 e. The van der Waals surface area contributed by atoms with E-state index in [1.165, 1.54) is 25.8 Å². The van der Waals surface area contributed by atoms with E-state index in [0.717, 1.165) is 0 Å². The van der Waals surface area contributed by atoms with Crippen LogP contribution in [0.5, 0.6) is 0 Å². The third kappa shape index (κ3) is 5.72. The number of aliphatic hydroxyl groups is 2. The number of rotatable bonds is 11. The van der Waals surface area contributed by atoms with Gasteiger partial charge in [-0.3, -0.25) is 14.6 Å². The summed E-state index contributed by atoms with van der Waals surface area (Å²) in [6, 6.07) is -0.977. The molecule has 3 heterocycles. The van der Waals surface area contributed by atoms with E-state index in [-0.39, 0.29) is 43.1 Å². The molecule has 7 N–H and O–H groups in total. The van der Waals surface area contributed by atoms with Gasteiger partial charge in [-0.25, -0.2) is 14.8 Å². The van der Waals surface area contributed by atoms with Crippen LogP contribution in [0.2, 0.25) is 0 Å². The van der Waals surface area contributed by atoms with Crippen LogP contribution in [0.1, 0.15) is 19.0 Å². The Labute approximate surface area is 187 Å². The van der Waals surface area contributed by atoms with Crippen LogP contribution < -0.4 is 16.6 Å². The average Bonchev–Trinajstić information content (AvgIpc) is 3.43. The highest BCUT2D eigenvalue weighted by Crippen LogP contribution is 2.24. The van der Waals surface area contributed by atoms with Crippen molar-refractivity contribution >= 4 is 29.0 Å². The smallest absolute Gasteiger partial charge is 0.329 e. The number of amides is 1. The topological polar surface area (TPSA) is 214 Å². The van der Waals surface area contributed by atoms with Crippen LogP contribution in [0, 0.1) is 5.41 Å². The van der Waals surface area contributed by atoms with Crippen LogP contribution in [0.25, 0.3) is 11.2 Å². The lowest BCUT2D eigenvalue weighted by atomic mass is 9.87.